The molecule has 0 aromatic heterocycles. The Bertz CT molecular complexity index is 587. The molecule has 1 atom stereocenters. The van der Waals surface area contributed by atoms with Crippen molar-refractivity contribution in [3.05, 3.63) is 64.7 Å². The van der Waals surface area contributed by atoms with Gasteiger partial charge in [0, 0.05) is 25.3 Å². The largest absolute Gasteiger partial charge is 0.374 e. The monoisotopic (exact) mass is 282 g/mol. The second kappa shape index (κ2) is 6.77. The van der Waals surface area contributed by atoms with E-state index in [1.54, 1.807) is 0 Å². The van der Waals surface area contributed by atoms with E-state index in [2.05, 4.69) is 75.2 Å². The summed E-state index contributed by atoms with van der Waals surface area (Å²) in [6, 6.07) is 15.2. The van der Waals surface area contributed by atoms with Crippen LogP contribution in [0.25, 0.3) is 0 Å². The first-order chi connectivity index (χ1) is 9.97. The Balaban J connectivity index is 1.97. The van der Waals surface area contributed by atoms with Crippen molar-refractivity contribution < 1.29 is 0 Å². The molecule has 2 heteroatoms. The quantitative estimate of drug-likeness (QED) is 0.893. The van der Waals surface area contributed by atoms with E-state index in [-0.39, 0.29) is 6.04 Å². The van der Waals surface area contributed by atoms with Crippen LogP contribution in [-0.2, 0) is 0 Å². The van der Waals surface area contributed by atoms with E-state index in [0.29, 0.717) is 0 Å². The Morgan fingerprint density at radius 2 is 1.57 bits per heavy atom. The lowest BCUT2D eigenvalue weighted by Gasteiger charge is -2.23. The minimum absolute atomic E-state index is 0.0961. The first-order valence-electron chi connectivity index (χ1n) is 7.58. The van der Waals surface area contributed by atoms with Gasteiger partial charge in [0.1, 0.15) is 0 Å². The van der Waals surface area contributed by atoms with E-state index < -0.39 is 0 Å². The number of hydrogen-bond acceptors (Lipinski definition) is 2. The van der Waals surface area contributed by atoms with Gasteiger partial charge in [0.25, 0.3) is 0 Å². The standard InChI is InChI=1S/C19H26N2/c1-14-5-8-17(9-6-14)18(20)11-12-21(4)19-10-7-15(2)13-16(19)3/h5-10,13,18H,11-12,20H2,1-4H3. The summed E-state index contributed by atoms with van der Waals surface area (Å²) in [6.07, 6.45) is 0.951. The first kappa shape index (κ1) is 15.6. The smallest absolute Gasteiger partial charge is 0.0393 e. The topological polar surface area (TPSA) is 29.3 Å². The van der Waals surface area contributed by atoms with Gasteiger partial charge in [0.15, 0.2) is 0 Å². The van der Waals surface area contributed by atoms with Gasteiger partial charge < -0.3 is 10.6 Å². The van der Waals surface area contributed by atoms with Gasteiger partial charge in [0.2, 0.25) is 0 Å². The fraction of sp³-hybridized carbons (Fsp3) is 0.368. The lowest BCUT2D eigenvalue weighted by Crippen LogP contribution is -2.24. The van der Waals surface area contributed by atoms with E-state index in [9.17, 15) is 0 Å². The first-order valence-corrected chi connectivity index (χ1v) is 7.58. The van der Waals surface area contributed by atoms with Crippen LogP contribution in [0, 0.1) is 20.8 Å². The number of hydrogen-bond donors (Lipinski definition) is 1. The number of nitrogens with zero attached hydrogens (tertiary/aromatic N) is 1. The molecule has 1 unspecified atom stereocenters. The maximum atomic E-state index is 6.31. The van der Waals surface area contributed by atoms with Crippen LogP contribution in [-0.4, -0.2) is 13.6 Å². The van der Waals surface area contributed by atoms with Gasteiger partial charge in [-0.2, -0.15) is 0 Å². The fourth-order valence-corrected chi connectivity index (χ4v) is 2.67. The molecular formula is C19H26N2. The molecule has 0 bridgehead atoms. The average molecular weight is 282 g/mol. The maximum Gasteiger partial charge on any atom is 0.0393 e. The van der Waals surface area contributed by atoms with E-state index in [1.165, 1.54) is 27.9 Å². The van der Waals surface area contributed by atoms with E-state index in [0.717, 1.165) is 13.0 Å². The Hall–Kier alpha value is -1.80. The van der Waals surface area contributed by atoms with Gasteiger partial charge in [0.05, 0.1) is 0 Å². The normalized spacial score (nSPS) is 12.2. The summed E-state index contributed by atoms with van der Waals surface area (Å²) in [5.41, 5.74) is 12.7. The minimum atomic E-state index is 0.0961. The third-order valence-electron chi connectivity index (χ3n) is 4.04. The highest BCUT2D eigenvalue weighted by molar-refractivity contribution is 5.53. The van der Waals surface area contributed by atoms with Crippen LogP contribution < -0.4 is 10.6 Å². The average Bonchev–Trinajstić information content (AvgIpc) is 2.45. The van der Waals surface area contributed by atoms with Crippen LogP contribution in [0.15, 0.2) is 42.5 Å². The molecule has 0 aliphatic rings. The lowest BCUT2D eigenvalue weighted by molar-refractivity contribution is 0.645. The van der Waals surface area contributed by atoms with Crippen LogP contribution >= 0.6 is 0 Å². The highest BCUT2D eigenvalue weighted by atomic mass is 15.1. The lowest BCUT2D eigenvalue weighted by atomic mass is 10.0. The number of aryl methyl sites for hydroxylation is 3. The number of rotatable bonds is 5. The second-order valence-electron chi connectivity index (χ2n) is 6.02. The molecule has 21 heavy (non-hydrogen) atoms. The summed E-state index contributed by atoms with van der Waals surface area (Å²) in [4.78, 5) is 2.29. The highest BCUT2D eigenvalue weighted by Crippen LogP contribution is 2.22. The molecule has 0 saturated carbocycles. The van der Waals surface area contributed by atoms with E-state index in [1.807, 2.05) is 0 Å². The molecule has 0 spiro atoms. The Labute approximate surface area is 128 Å². The van der Waals surface area contributed by atoms with Crippen LogP contribution in [0.3, 0.4) is 0 Å². The fourth-order valence-electron chi connectivity index (χ4n) is 2.67. The SMILES string of the molecule is Cc1ccc(C(N)CCN(C)c2ccc(C)cc2C)cc1. The van der Waals surface area contributed by atoms with Crippen LogP contribution in [0.2, 0.25) is 0 Å². The van der Waals surface area contributed by atoms with Gasteiger partial charge in [-0.15, -0.1) is 0 Å². The summed E-state index contributed by atoms with van der Waals surface area (Å²) in [6.45, 7) is 7.35. The predicted octanol–water partition coefficient (Wildman–Crippen LogP) is 4.14. The molecule has 0 radical (unpaired) electrons. The molecule has 2 N–H and O–H groups in total. The zero-order chi connectivity index (χ0) is 15.4. The van der Waals surface area contributed by atoms with Gasteiger partial charge in [-0.25, -0.2) is 0 Å². The van der Waals surface area contributed by atoms with Crippen LogP contribution in [0.5, 0.6) is 0 Å². The van der Waals surface area contributed by atoms with Gasteiger partial charge in [-0.05, 0) is 44.4 Å². The molecule has 0 heterocycles. The van der Waals surface area contributed by atoms with Crippen molar-refractivity contribution in [3.63, 3.8) is 0 Å². The van der Waals surface area contributed by atoms with Crippen molar-refractivity contribution in [2.75, 3.05) is 18.5 Å². The van der Waals surface area contributed by atoms with Crippen molar-refractivity contribution in [2.45, 2.75) is 33.2 Å². The van der Waals surface area contributed by atoms with E-state index >= 15 is 0 Å². The molecule has 2 nitrogen and oxygen atoms in total. The summed E-state index contributed by atoms with van der Waals surface area (Å²) in [7, 11) is 2.14. The zero-order valence-corrected chi connectivity index (χ0v) is 13.6. The van der Waals surface area contributed by atoms with Gasteiger partial charge in [-0.1, -0.05) is 47.5 Å². The van der Waals surface area contributed by atoms with Crippen molar-refractivity contribution in [2.24, 2.45) is 5.73 Å². The predicted molar refractivity (Wildman–Crippen MR) is 91.9 cm³/mol. The van der Waals surface area contributed by atoms with Crippen LogP contribution in [0.1, 0.15) is 34.7 Å². The maximum absolute atomic E-state index is 6.31. The molecule has 2 rings (SSSR count). The third-order valence-corrected chi connectivity index (χ3v) is 4.04. The Morgan fingerprint density at radius 3 is 2.19 bits per heavy atom. The zero-order valence-electron chi connectivity index (χ0n) is 13.6. The summed E-state index contributed by atoms with van der Waals surface area (Å²) < 4.78 is 0. The molecule has 112 valence electrons. The second-order valence-corrected chi connectivity index (χ2v) is 6.02. The molecule has 0 saturated heterocycles. The molecule has 0 amide bonds. The highest BCUT2D eigenvalue weighted by Gasteiger charge is 2.09. The number of anilines is 1. The Kier molecular flexibility index (Phi) is 5.03. The molecule has 2 aromatic rings. The number of nitrogens with two attached hydrogens (primary N) is 1. The molecule has 0 aliphatic carbocycles. The Morgan fingerprint density at radius 1 is 0.952 bits per heavy atom. The summed E-state index contributed by atoms with van der Waals surface area (Å²) in [5.74, 6) is 0. The summed E-state index contributed by atoms with van der Waals surface area (Å²) >= 11 is 0. The van der Waals surface area contributed by atoms with Crippen molar-refractivity contribution in [1.82, 2.24) is 0 Å². The van der Waals surface area contributed by atoms with Gasteiger partial charge in [-0.3, -0.25) is 0 Å². The third kappa shape index (κ3) is 4.08. The molecule has 2 aromatic carbocycles. The van der Waals surface area contributed by atoms with Crippen molar-refractivity contribution >= 4 is 5.69 Å². The molecule has 0 aliphatic heterocycles. The van der Waals surface area contributed by atoms with Crippen molar-refractivity contribution in [1.29, 1.82) is 0 Å². The van der Waals surface area contributed by atoms with Gasteiger partial charge >= 0.3 is 0 Å². The summed E-state index contributed by atoms with van der Waals surface area (Å²) in [5, 5.41) is 0. The number of benzene rings is 2. The van der Waals surface area contributed by atoms with Crippen molar-refractivity contribution in [3.8, 4) is 0 Å². The molecule has 0 fully saturated rings. The van der Waals surface area contributed by atoms with Crippen LogP contribution in [0.4, 0.5) is 5.69 Å². The van der Waals surface area contributed by atoms with E-state index in [4.69, 9.17) is 5.73 Å². The minimum Gasteiger partial charge on any atom is -0.374 e. The molecular weight excluding hydrogens is 256 g/mol.